The quantitative estimate of drug-likeness (QED) is 0.705. The van der Waals surface area contributed by atoms with E-state index >= 15 is 0 Å². The Morgan fingerprint density at radius 2 is 2.00 bits per heavy atom. The number of alkyl carbamates (subject to hydrolysis) is 1. The molecule has 0 aromatic rings. The molecule has 0 aliphatic heterocycles. The normalized spacial score (nSPS) is 23.3. The van der Waals surface area contributed by atoms with E-state index in [-0.39, 0.29) is 6.09 Å². The van der Waals surface area contributed by atoms with E-state index in [4.69, 9.17) is 4.74 Å². The molecule has 1 aliphatic carbocycles. The van der Waals surface area contributed by atoms with Gasteiger partial charge in [0, 0.05) is 18.6 Å². The Kier molecular flexibility index (Phi) is 8.23. The van der Waals surface area contributed by atoms with Crippen molar-refractivity contribution >= 4 is 6.09 Å². The van der Waals surface area contributed by atoms with Crippen molar-refractivity contribution in [2.45, 2.75) is 97.2 Å². The molecule has 1 amide bonds. The van der Waals surface area contributed by atoms with Gasteiger partial charge in [-0.15, -0.1) is 0 Å². The van der Waals surface area contributed by atoms with Crippen LogP contribution < -0.4 is 10.6 Å². The lowest BCUT2D eigenvalue weighted by molar-refractivity contribution is 0.0517. The molecule has 4 nitrogen and oxygen atoms in total. The van der Waals surface area contributed by atoms with E-state index in [0.29, 0.717) is 18.0 Å². The Morgan fingerprint density at radius 3 is 2.59 bits per heavy atom. The van der Waals surface area contributed by atoms with Gasteiger partial charge in [0.1, 0.15) is 5.60 Å². The van der Waals surface area contributed by atoms with E-state index < -0.39 is 5.60 Å². The van der Waals surface area contributed by atoms with Crippen LogP contribution in [0.3, 0.4) is 0 Å². The molecule has 3 unspecified atom stereocenters. The highest BCUT2D eigenvalue weighted by Gasteiger charge is 2.29. The lowest BCUT2D eigenvalue weighted by Gasteiger charge is -2.27. The second-order valence-electron chi connectivity index (χ2n) is 7.59. The van der Waals surface area contributed by atoms with Crippen LogP contribution in [0.2, 0.25) is 0 Å². The van der Waals surface area contributed by atoms with E-state index in [1.54, 1.807) is 0 Å². The van der Waals surface area contributed by atoms with Gasteiger partial charge in [0.15, 0.2) is 0 Å². The first kappa shape index (κ1) is 19.3. The van der Waals surface area contributed by atoms with Gasteiger partial charge in [-0.2, -0.15) is 0 Å². The SMILES string of the molecule is CCCCC(CC)NC1CCCC1CNC(=O)OC(C)(C)C. The minimum absolute atomic E-state index is 0.295. The third-order valence-corrected chi connectivity index (χ3v) is 4.42. The Bertz CT molecular complexity index is 326. The molecule has 4 heteroatoms. The average Bonchev–Trinajstić information content (AvgIpc) is 2.86. The van der Waals surface area contributed by atoms with Crippen LogP contribution in [-0.4, -0.2) is 30.3 Å². The molecule has 3 atom stereocenters. The number of rotatable bonds is 8. The Labute approximate surface area is 136 Å². The van der Waals surface area contributed by atoms with Crippen molar-refractivity contribution < 1.29 is 9.53 Å². The number of hydrogen-bond acceptors (Lipinski definition) is 3. The molecule has 0 saturated heterocycles. The second kappa shape index (κ2) is 9.39. The summed E-state index contributed by atoms with van der Waals surface area (Å²) in [6, 6.07) is 1.16. The van der Waals surface area contributed by atoms with Crippen molar-refractivity contribution in [3.63, 3.8) is 0 Å². The summed E-state index contributed by atoms with van der Waals surface area (Å²) >= 11 is 0. The van der Waals surface area contributed by atoms with Gasteiger partial charge in [0.05, 0.1) is 0 Å². The van der Waals surface area contributed by atoms with E-state index in [1.165, 1.54) is 44.9 Å². The summed E-state index contributed by atoms with van der Waals surface area (Å²) < 4.78 is 5.32. The molecule has 22 heavy (non-hydrogen) atoms. The van der Waals surface area contributed by atoms with E-state index in [0.717, 1.165) is 6.54 Å². The Morgan fingerprint density at radius 1 is 1.27 bits per heavy atom. The maximum atomic E-state index is 11.8. The molecular formula is C18H36N2O2. The summed E-state index contributed by atoms with van der Waals surface area (Å²) in [5.74, 6) is 0.531. The highest BCUT2D eigenvalue weighted by Crippen LogP contribution is 2.26. The maximum Gasteiger partial charge on any atom is 0.407 e. The van der Waals surface area contributed by atoms with Crippen LogP contribution >= 0.6 is 0 Å². The molecule has 1 rings (SSSR count). The first-order valence-electron chi connectivity index (χ1n) is 9.08. The van der Waals surface area contributed by atoms with E-state index in [2.05, 4.69) is 24.5 Å². The first-order chi connectivity index (χ1) is 10.4. The van der Waals surface area contributed by atoms with Crippen molar-refractivity contribution in [1.29, 1.82) is 0 Å². The number of ether oxygens (including phenoxy) is 1. The summed E-state index contributed by atoms with van der Waals surface area (Å²) in [5.41, 5.74) is -0.426. The monoisotopic (exact) mass is 312 g/mol. The highest BCUT2D eigenvalue weighted by atomic mass is 16.6. The number of nitrogens with one attached hydrogen (secondary N) is 2. The lowest BCUT2D eigenvalue weighted by Crippen LogP contribution is -2.44. The molecule has 0 radical (unpaired) electrons. The summed E-state index contributed by atoms with van der Waals surface area (Å²) in [6.07, 6.45) is 8.36. The third-order valence-electron chi connectivity index (χ3n) is 4.42. The summed E-state index contributed by atoms with van der Waals surface area (Å²) in [5, 5.41) is 6.77. The standard InChI is InChI=1S/C18H36N2O2/c1-6-8-11-15(7-2)20-16-12-9-10-14(16)13-19-17(21)22-18(3,4)5/h14-16,20H,6-13H2,1-5H3,(H,19,21). The Balaban J connectivity index is 2.37. The van der Waals surface area contributed by atoms with Gasteiger partial charge in [-0.05, 0) is 52.4 Å². The van der Waals surface area contributed by atoms with Crippen molar-refractivity contribution in [3.8, 4) is 0 Å². The number of amides is 1. The fourth-order valence-corrected chi connectivity index (χ4v) is 3.19. The predicted octanol–water partition coefficient (Wildman–Crippen LogP) is 4.24. The molecule has 2 N–H and O–H groups in total. The molecule has 1 aliphatic rings. The zero-order chi connectivity index (χ0) is 16.6. The second-order valence-corrected chi connectivity index (χ2v) is 7.59. The van der Waals surface area contributed by atoms with Gasteiger partial charge in [-0.3, -0.25) is 0 Å². The number of unbranched alkanes of at least 4 members (excludes halogenated alkanes) is 1. The molecule has 0 aromatic heterocycles. The van der Waals surface area contributed by atoms with Crippen LogP contribution in [0.15, 0.2) is 0 Å². The van der Waals surface area contributed by atoms with Crippen LogP contribution in [0.5, 0.6) is 0 Å². The lowest BCUT2D eigenvalue weighted by atomic mass is 10.00. The minimum atomic E-state index is -0.426. The number of carbonyl (C=O) groups is 1. The molecule has 1 fully saturated rings. The topological polar surface area (TPSA) is 50.4 Å². The highest BCUT2D eigenvalue weighted by molar-refractivity contribution is 5.67. The molecule has 0 bridgehead atoms. The van der Waals surface area contributed by atoms with Crippen LogP contribution in [0.1, 0.15) is 79.6 Å². The van der Waals surface area contributed by atoms with E-state index in [1.807, 2.05) is 20.8 Å². The molecule has 1 saturated carbocycles. The van der Waals surface area contributed by atoms with Crippen molar-refractivity contribution in [1.82, 2.24) is 10.6 Å². The van der Waals surface area contributed by atoms with Crippen LogP contribution in [0.4, 0.5) is 4.79 Å². The van der Waals surface area contributed by atoms with Gasteiger partial charge in [-0.1, -0.05) is 33.1 Å². The maximum absolute atomic E-state index is 11.8. The van der Waals surface area contributed by atoms with Gasteiger partial charge >= 0.3 is 6.09 Å². The van der Waals surface area contributed by atoms with Gasteiger partial charge in [-0.25, -0.2) is 4.79 Å². The molecular weight excluding hydrogens is 276 g/mol. The number of hydrogen-bond donors (Lipinski definition) is 2. The van der Waals surface area contributed by atoms with Crippen LogP contribution in [0, 0.1) is 5.92 Å². The first-order valence-corrected chi connectivity index (χ1v) is 9.08. The average molecular weight is 312 g/mol. The van der Waals surface area contributed by atoms with Gasteiger partial charge < -0.3 is 15.4 Å². The summed E-state index contributed by atoms with van der Waals surface area (Å²) in [6.45, 7) is 10.9. The van der Waals surface area contributed by atoms with Crippen molar-refractivity contribution in [2.75, 3.05) is 6.54 Å². The van der Waals surface area contributed by atoms with Crippen LogP contribution in [0.25, 0.3) is 0 Å². The summed E-state index contributed by atoms with van der Waals surface area (Å²) in [7, 11) is 0. The third kappa shape index (κ3) is 7.48. The van der Waals surface area contributed by atoms with Gasteiger partial charge in [0.25, 0.3) is 0 Å². The zero-order valence-electron chi connectivity index (χ0n) is 15.2. The fraction of sp³-hybridized carbons (Fsp3) is 0.944. The van der Waals surface area contributed by atoms with Crippen molar-refractivity contribution in [2.24, 2.45) is 5.92 Å². The van der Waals surface area contributed by atoms with Crippen LogP contribution in [-0.2, 0) is 4.74 Å². The molecule has 0 spiro atoms. The fourth-order valence-electron chi connectivity index (χ4n) is 3.19. The Hall–Kier alpha value is -0.770. The predicted molar refractivity (Wildman–Crippen MR) is 92.1 cm³/mol. The zero-order valence-corrected chi connectivity index (χ0v) is 15.2. The summed E-state index contributed by atoms with van der Waals surface area (Å²) in [4.78, 5) is 11.8. The minimum Gasteiger partial charge on any atom is -0.444 e. The smallest absolute Gasteiger partial charge is 0.407 e. The van der Waals surface area contributed by atoms with Crippen molar-refractivity contribution in [3.05, 3.63) is 0 Å². The number of carbonyl (C=O) groups excluding carboxylic acids is 1. The largest absolute Gasteiger partial charge is 0.444 e. The molecule has 130 valence electrons. The van der Waals surface area contributed by atoms with Gasteiger partial charge in [0.2, 0.25) is 0 Å². The van der Waals surface area contributed by atoms with E-state index in [9.17, 15) is 4.79 Å². The molecule has 0 heterocycles. The molecule has 0 aromatic carbocycles.